The summed E-state index contributed by atoms with van der Waals surface area (Å²) in [6.45, 7) is -4.20. The van der Waals surface area contributed by atoms with E-state index in [1.165, 1.54) is 24.5 Å². The Kier molecular flexibility index (Phi) is 42.6. The first-order valence-corrected chi connectivity index (χ1v) is 32.9. The van der Waals surface area contributed by atoms with Crippen molar-refractivity contribution in [1.82, 2.24) is 98.4 Å². The number of nitrogens with zero attached hydrogens (tertiary/aromatic N) is 5. The number of aromatic nitrogens is 4. The van der Waals surface area contributed by atoms with Crippen LogP contribution < -0.4 is 75.3 Å². The van der Waals surface area contributed by atoms with Gasteiger partial charge in [0.1, 0.15) is 36.3 Å². The van der Waals surface area contributed by atoms with Crippen LogP contribution >= 0.6 is 0 Å². The van der Waals surface area contributed by atoms with Crippen LogP contribution in [0.2, 0.25) is 0 Å². The van der Waals surface area contributed by atoms with Gasteiger partial charge < -0.3 is 111 Å². The lowest BCUT2D eigenvalue weighted by molar-refractivity contribution is -0.143. The van der Waals surface area contributed by atoms with Crippen molar-refractivity contribution < 1.29 is 107 Å². The maximum atomic E-state index is 14.0. The van der Waals surface area contributed by atoms with Crippen LogP contribution in [0.15, 0.2) is 25.0 Å². The Hall–Kier alpha value is -10.8. The quantitative estimate of drug-likeness (QED) is 0.0274. The van der Waals surface area contributed by atoms with E-state index in [-0.39, 0.29) is 122 Å². The van der Waals surface area contributed by atoms with E-state index in [2.05, 4.69) is 83.7 Å². The van der Waals surface area contributed by atoms with Crippen molar-refractivity contribution in [3.63, 3.8) is 0 Å². The first-order valence-electron chi connectivity index (χ1n) is 32.9. The summed E-state index contributed by atoms with van der Waals surface area (Å²) in [5, 5.41) is 76.8. The number of hydrogen-bond acceptors (Lipinski definition) is 24. The van der Waals surface area contributed by atoms with Gasteiger partial charge in [0.05, 0.1) is 65.1 Å². The zero-order valence-electron chi connectivity index (χ0n) is 57.3. The number of primary amides is 1. The van der Waals surface area contributed by atoms with Crippen LogP contribution in [0.4, 0.5) is 0 Å². The van der Waals surface area contributed by atoms with E-state index < -0.39 is 178 Å². The number of aliphatic carboxylic acids is 4. The van der Waals surface area contributed by atoms with E-state index >= 15 is 0 Å². The van der Waals surface area contributed by atoms with Gasteiger partial charge in [0, 0.05) is 121 Å². The fourth-order valence-electron chi connectivity index (χ4n) is 9.21. The molecule has 0 radical (unpaired) electrons. The van der Waals surface area contributed by atoms with Crippen molar-refractivity contribution in [1.29, 1.82) is 0 Å². The number of aromatic amines is 2. The van der Waals surface area contributed by atoms with Crippen molar-refractivity contribution in [3.8, 4) is 0 Å². The molecule has 2 aromatic rings. The summed E-state index contributed by atoms with van der Waals surface area (Å²) in [4.78, 5) is 231. The summed E-state index contributed by atoms with van der Waals surface area (Å²) in [7, 11) is 0. The number of carbonyl (C=O) groups is 17. The second-order valence-electron chi connectivity index (χ2n) is 23.5. The Morgan fingerprint density at radius 3 is 1.21 bits per heavy atom. The van der Waals surface area contributed by atoms with Gasteiger partial charge in [0.2, 0.25) is 76.8 Å². The van der Waals surface area contributed by atoms with Crippen LogP contribution in [0, 0.1) is 0 Å². The Labute approximate surface area is 590 Å². The summed E-state index contributed by atoms with van der Waals surface area (Å²) >= 11 is 0. The number of nitrogens with two attached hydrogens (primary N) is 2. The van der Waals surface area contributed by atoms with E-state index in [1.807, 2.05) is 0 Å². The topological polar surface area (TPSA) is 655 Å². The molecule has 6 atom stereocenters. The number of aliphatic hydroxyl groups excluding tert-OH is 1. The van der Waals surface area contributed by atoms with E-state index in [0.717, 1.165) is 28.1 Å². The minimum absolute atomic E-state index is 0.0207. The van der Waals surface area contributed by atoms with Gasteiger partial charge in [-0.05, 0) is 52.4 Å². The zero-order valence-corrected chi connectivity index (χ0v) is 57.3. The summed E-state index contributed by atoms with van der Waals surface area (Å²) < 4.78 is 0. The molecule has 0 aliphatic heterocycles. The fraction of sp³-hybridized carbons (Fsp3) is 0.617. The minimum Gasteiger partial charge on any atom is -0.480 e. The molecule has 43 nitrogen and oxygen atoms in total. The number of carboxylic acid groups (broad SMARTS) is 4. The molecule has 574 valence electrons. The lowest BCUT2D eigenvalue weighted by Crippen LogP contribution is -2.60. The average molecular weight is 1460 g/mol. The van der Waals surface area contributed by atoms with Crippen molar-refractivity contribution in [2.75, 3.05) is 111 Å². The van der Waals surface area contributed by atoms with Crippen molar-refractivity contribution in [2.24, 2.45) is 11.5 Å². The third kappa shape index (κ3) is 41.5. The molecule has 0 bridgehead atoms. The Morgan fingerprint density at radius 1 is 0.427 bits per heavy atom. The third-order valence-electron chi connectivity index (χ3n) is 14.8. The highest BCUT2D eigenvalue weighted by Crippen LogP contribution is 2.07. The summed E-state index contributed by atoms with van der Waals surface area (Å²) in [5.74, 6) is -15.7. The first kappa shape index (κ1) is 88.3. The average Bonchev–Trinajstić information content (AvgIpc) is 1.47. The molecule has 0 fully saturated rings. The monoisotopic (exact) mass is 1460 g/mol. The Morgan fingerprint density at radius 2 is 0.806 bits per heavy atom. The molecule has 2 rings (SSSR count). The number of imidazole rings is 2. The maximum Gasteiger partial charge on any atom is 0.317 e. The van der Waals surface area contributed by atoms with Crippen LogP contribution in [0.5, 0.6) is 0 Å². The highest BCUT2D eigenvalue weighted by atomic mass is 16.4. The van der Waals surface area contributed by atoms with Crippen LogP contribution in [0.3, 0.4) is 0 Å². The molecule has 43 heteroatoms. The lowest BCUT2D eigenvalue weighted by atomic mass is 10.1. The van der Waals surface area contributed by atoms with Crippen LogP contribution in [-0.4, -0.2) is 308 Å². The molecule has 23 N–H and O–H groups in total. The number of H-pyrrole nitrogens is 2. The fourth-order valence-corrected chi connectivity index (χ4v) is 9.21. The molecule has 0 spiro atoms. The molecule has 0 unspecified atom stereocenters. The SMILES string of the molecule is C[C@@H](NC(=O)[C@H](CNC(=O)[C@H](N)CO)NC(=O)CN(CCN(CCN(CC(=O)O)CC(=O)O)CC(=O)O)CC(=O)O)C(=O)N[C@H](CCCCNC(=O)CNC(=O)CCC(=O)NCCc1cnc[nH]1)C(=O)N[C@H](C)C(=O)N[C@H](CCCCNC(=O)CNC(=O)CCC(=O)NCCc1cnc[nH]1)C(N)=O. The second kappa shape index (κ2) is 49.7. The van der Waals surface area contributed by atoms with E-state index in [1.54, 1.807) is 12.4 Å². The van der Waals surface area contributed by atoms with E-state index in [0.29, 0.717) is 25.9 Å². The van der Waals surface area contributed by atoms with Gasteiger partial charge in [-0.15, -0.1) is 0 Å². The number of aliphatic hydroxyl groups is 1. The number of amides is 13. The highest BCUT2D eigenvalue weighted by Gasteiger charge is 2.31. The number of carboxylic acids is 4. The molecule has 103 heavy (non-hydrogen) atoms. The summed E-state index contributed by atoms with van der Waals surface area (Å²) in [6, 6.07) is -9.11. The van der Waals surface area contributed by atoms with Crippen molar-refractivity contribution in [3.05, 3.63) is 36.4 Å². The van der Waals surface area contributed by atoms with E-state index in [4.69, 9.17) is 11.5 Å². The number of carbonyl (C=O) groups excluding carboxylic acids is 13. The summed E-state index contributed by atoms with van der Waals surface area (Å²) in [5.41, 5.74) is 12.8. The number of hydrogen-bond donors (Lipinski definition) is 21. The minimum atomic E-state index is -1.79. The summed E-state index contributed by atoms with van der Waals surface area (Å²) in [6.07, 6.45) is 7.10. The van der Waals surface area contributed by atoms with Crippen LogP contribution in [0.25, 0.3) is 0 Å². The molecule has 0 aliphatic carbocycles. The molecular weight excluding hydrogens is 1370 g/mol. The van der Waals surface area contributed by atoms with Crippen LogP contribution in [0.1, 0.15) is 89.4 Å². The largest absolute Gasteiger partial charge is 0.480 e. The lowest BCUT2D eigenvalue weighted by Gasteiger charge is -2.28. The second-order valence-corrected chi connectivity index (χ2v) is 23.5. The van der Waals surface area contributed by atoms with E-state index in [9.17, 15) is 107 Å². The molecular formula is C60H97N21O22. The number of unbranched alkanes of at least 4 members (excludes halogenated alkanes) is 2. The van der Waals surface area contributed by atoms with Gasteiger partial charge in [0.15, 0.2) is 0 Å². The Bertz CT molecular complexity index is 3110. The Balaban J connectivity index is 2.18. The normalized spacial score (nSPS) is 12.7. The predicted molar refractivity (Wildman–Crippen MR) is 357 cm³/mol. The molecule has 2 heterocycles. The maximum absolute atomic E-state index is 14.0. The zero-order chi connectivity index (χ0) is 76.8. The third-order valence-corrected chi connectivity index (χ3v) is 14.8. The number of rotatable bonds is 56. The first-order chi connectivity index (χ1) is 48.8. The molecule has 0 saturated carbocycles. The molecule has 0 aliphatic rings. The predicted octanol–water partition coefficient (Wildman–Crippen LogP) is -9.85. The standard InChI is InChI=1S/C60H97N21O22/c1-36(56(99)77-41(55(62)98)7-3-5-15-65-48(87)26-69-46(85)11-9-44(83)67-17-13-38-23-63-34-72-38)74-59(102)42(8-4-6-16-66-49(88)27-70-47(86)12-10-45(84)68-18-14-39-24-64-35-73-39)78-57(100)37(2)75-60(103)43(25-71-58(101)40(61)33-82)76-50(89)28-80(30-52(92)93)21-19-79(29-51(90)91)20-22-81(31-53(94)95)32-54(96)97/h23-24,34-37,40-43,82H,3-22,25-33,61H2,1-2H3,(H2,62,98)(H,63,72)(H,64,73)(H,65,87)(H,66,88)(H,67,83)(H,68,84)(H,69,85)(H,70,86)(H,71,101)(H,74,102)(H,75,103)(H,76,89)(H,77,99)(H,78,100)(H,90,91)(H,92,93)(H,94,95)(H,96,97)/t36-,37-,40-,41-,42-,43+/m1/s1. The van der Waals surface area contributed by atoms with Gasteiger partial charge >= 0.3 is 23.9 Å². The van der Waals surface area contributed by atoms with Gasteiger partial charge in [-0.1, -0.05) is 0 Å². The molecule has 0 aromatic carbocycles. The van der Waals surface area contributed by atoms with Gasteiger partial charge in [0.25, 0.3) is 0 Å². The molecule has 0 saturated heterocycles. The highest BCUT2D eigenvalue weighted by molar-refractivity contribution is 5.97. The molecule has 13 amide bonds. The van der Waals surface area contributed by atoms with Gasteiger partial charge in [-0.25, -0.2) is 9.97 Å². The van der Waals surface area contributed by atoms with Crippen LogP contribution in [-0.2, 0) is 94.3 Å². The number of nitrogens with one attached hydrogen (secondary N) is 14. The van der Waals surface area contributed by atoms with Crippen molar-refractivity contribution in [2.45, 2.75) is 127 Å². The molecule has 2 aromatic heterocycles. The van der Waals surface area contributed by atoms with Gasteiger partial charge in [-0.2, -0.15) is 0 Å². The smallest absolute Gasteiger partial charge is 0.317 e. The van der Waals surface area contributed by atoms with Crippen molar-refractivity contribution >= 4 is 101 Å². The van der Waals surface area contributed by atoms with Gasteiger partial charge in [-0.3, -0.25) is 96.2 Å².